The van der Waals surface area contributed by atoms with E-state index in [9.17, 15) is 4.79 Å². The van der Waals surface area contributed by atoms with Gasteiger partial charge in [-0.15, -0.1) is 0 Å². The lowest BCUT2D eigenvalue weighted by Crippen LogP contribution is -2.49. The Morgan fingerprint density at radius 1 is 1.14 bits per heavy atom. The third-order valence-electron chi connectivity index (χ3n) is 8.96. The summed E-state index contributed by atoms with van der Waals surface area (Å²) in [5.41, 5.74) is 0. The molecule has 0 aromatic carbocycles. The Hall–Kier alpha value is -0.573. The summed E-state index contributed by atoms with van der Waals surface area (Å²) in [5, 5.41) is -0.155. The van der Waals surface area contributed by atoms with Gasteiger partial charge in [0, 0.05) is 25.4 Å². The zero-order chi connectivity index (χ0) is 26.6. The molecule has 3 rings (SSSR count). The summed E-state index contributed by atoms with van der Waals surface area (Å²) in [4.78, 5) is 12.0. The van der Waals surface area contributed by atoms with Crippen LogP contribution >= 0.6 is 0 Å². The Labute approximate surface area is 218 Å². The molecule has 2 aliphatic heterocycles. The summed E-state index contributed by atoms with van der Waals surface area (Å²) >= 11 is 0. The number of rotatable bonds is 13. The maximum Gasteiger partial charge on any atom is 0.306 e. The van der Waals surface area contributed by atoms with E-state index in [1.54, 1.807) is 0 Å². The molecule has 0 aromatic rings. The van der Waals surface area contributed by atoms with Crippen molar-refractivity contribution in [3.63, 3.8) is 0 Å². The van der Waals surface area contributed by atoms with Gasteiger partial charge in [-0.05, 0) is 62.6 Å². The summed E-state index contributed by atoms with van der Waals surface area (Å²) < 4.78 is 55.5. The van der Waals surface area contributed by atoms with Crippen LogP contribution in [0, 0.1) is 11.8 Å². The fourth-order valence-electron chi connectivity index (χ4n) is 5.71. The number of esters is 1. The molecule has 0 N–H and O–H groups in total. The second kappa shape index (κ2) is 12.5. The van der Waals surface area contributed by atoms with Crippen LogP contribution in [0.4, 0.5) is 8.78 Å². The Bertz CT molecular complexity index is 705. The Kier molecular flexibility index (Phi) is 10.4. The van der Waals surface area contributed by atoms with Gasteiger partial charge in [-0.2, -0.15) is 0 Å². The fraction of sp³-hybridized carbons (Fsp3) is 0.964. The molecular formula is C28H50F2O5Si. The van der Waals surface area contributed by atoms with Gasteiger partial charge in [0.25, 0.3) is 5.92 Å². The first kappa shape index (κ1) is 30.0. The van der Waals surface area contributed by atoms with E-state index in [0.29, 0.717) is 32.3 Å². The lowest BCUT2D eigenvalue weighted by molar-refractivity contribution is -0.198. The van der Waals surface area contributed by atoms with Crippen LogP contribution in [0.3, 0.4) is 0 Å². The average Bonchev–Trinajstić information content (AvgIpc) is 3.29. The van der Waals surface area contributed by atoms with Crippen molar-refractivity contribution >= 4 is 14.3 Å². The van der Waals surface area contributed by atoms with Gasteiger partial charge in [-0.1, -0.05) is 47.0 Å². The summed E-state index contributed by atoms with van der Waals surface area (Å²) in [6.07, 6.45) is 6.25. The van der Waals surface area contributed by atoms with E-state index in [4.69, 9.17) is 18.6 Å². The average molecular weight is 533 g/mol. The molecule has 1 saturated carbocycles. The molecule has 6 atom stereocenters. The molecule has 8 heteroatoms. The predicted molar refractivity (Wildman–Crippen MR) is 140 cm³/mol. The van der Waals surface area contributed by atoms with Gasteiger partial charge in [-0.25, -0.2) is 8.78 Å². The Balaban J connectivity index is 1.73. The van der Waals surface area contributed by atoms with Crippen LogP contribution in [-0.4, -0.2) is 51.4 Å². The molecule has 5 nitrogen and oxygen atoms in total. The number of halogens is 2. The number of unbranched alkanes of at least 4 members (excludes halogenated alkanes) is 3. The van der Waals surface area contributed by atoms with Crippen molar-refractivity contribution < 1.29 is 32.2 Å². The summed E-state index contributed by atoms with van der Waals surface area (Å²) in [5.74, 6) is -3.05. The highest BCUT2D eigenvalue weighted by Crippen LogP contribution is 2.47. The van der Waals surface area contributed by atoms with Crippen molar-refractivity contribution in [2.45, 2.75) is 153 Å². The highest BCUT2D eigenvalue weighted by Gasteiger charge is 2.53. The molecule has 3 aliphatic rings. The van der Waals surface area contributed by atoms with Crippen molar-refractivity contribution in [1.82, 2.24) is 0 Å². The number of hydrogen-bond donors (Lipinski definition) is 0. The number of hydrogen-bond acceptors (Lipinski definition) is 5. The fourth-order valence-corrected chi connectivity index (χ4v) is 7.06. The number of carbonyl (C=O) groups is 1. The largest absolute Gasteiger partial charge is 0.462 e. The highest BCUT2D eigenvalue weighted by atomic mass is 28.4. The maximum absolute atomic E-state index is 15.7. The Morgan fingerprint density at radius 2 is 1.89 bits per heavy atom. The molecule has 0 radical (unpaired) electrons. The minimum absolute atomic E-state index is 0.00613. The molecule has 210 valence electrons. The number of fused-ring (bicyclic) bond motifs is 1. The van der Waals surface area contributed by atoms with E-state index >= 15 is 8.78 Å². The van der Waals surface area contributed by atoms with E-state index in [2.05, 4.69) is 40.8 Å². The molecule has 0 spiro atoms. The molecular weight excluding hydrogens is 482 g/mol. The van der Waals surface area contributed by atoms with Crippen LogP contribution in [0.5, 0.6) is 0 Å². The molecule has 1 aliphatic carbocycles. The molecule has 2 heterocycles. The van der Waals surface area contributed by atoms with Gasteiger partial charge in [0.2, 0.25) is 0 Å². The van der Waals surface area contributed by atoms with Crippen LogP contribution < -0.4 is 0 Å². The SMILES string of the molecule is CCCCCCC(F)(F)C(CC[C@H]1[C@H](OC2CCCCO2)CC2OC(=O)C[C@@H]21)O[Si](C)(C)C(C)(C)C. The van der Waals surface area contributed by atoms with Crippen molar-refractivity contribution in [2.24, 2.45) is 11.8 Å². The normalized spacial score (nSPS) is 30.3. The molecule has 3 unspecified atom stereocenters. The third kappa shape index (κ3) is 7.73. The zero-order valence-corrected chi connectivity index (χ0v) is 24.5. The summed E-state index contributed by atoms with van der Waals surface area (Å²) in [6.45, 7) is 13.1. The number of carbonyl (C=O) groups excluding carboxylic acids is 1. The molecule has 0 amide bonds. The molecule has 2 saturated heterocycles. The number of alkyl halides is 2. The number of ether oxygens (including phenoxy) is 3. The standard InChI is InChI=1S/C28H50F2O5Si/c1-7-8-9-11-16-28(29,30)24(35-36(5,6)27(2,3)4)15-14-20-21-18-25(31)33-23(21)19-22(20)34-26-13-10-12-17-32-26/h20-24,26H,7-19H2,1-6H3/t20-,21-,22-,23?,24?,26?/m1/s1. The molecule has 0 bridgehead atoms. The highest BCUT2D eigenvalue weighted by molar-refractivity contribution is 6.74. The predicted octanol–water partition coefficient (Wildman–Crippen LogP) is 7.63. The van der Waals surface area contributed by atoms with E-state index in [0.717, 1.165) is 38.5 Å². The summed E-state index contributed by atoms with van der Waals surface area (Å²) in [6, 6.07) is 0. The van der Waals surface area contributed by atoms with Crippen molar-refractivity contribution in [3.8, 4) is 0 Å². The quantitative estimate of drug-likeness (QED) is 0.139. The van der Waals surface area contributed by atoms with Gasteiger partial charge in [-0.3, -0.25) is 4.79 Å². The lowest BCUT2D eigenvalue weighted by atomic mass is 9.86. The van der Waals surface area contributed by atoms with Crippen LogP contribution in [0.1, 0.15) is 105 Å². The minimum Gasteiger partial charge on any atom is -0.462 e. The van der Waals surface area contributed by atoms with Gasteiger partial charge < -0.3 is 18.6 Å². The molecule has 0 aromatic heterocycles. The summed E-state index contributed by atoms with van der Waals surface area (Å²) in [7, 11) is -2.41. The Morgan fingerprint density at radius 3 is 2.53 bits per heavy atom. The van der Waals surface area contributed by atoms with Gasteiger partial charge in [0.1, 0.15) is 12.2 Å². The van der Waals surface area contributed by atoms with E-state index in [-0.39, 0.29) is 54.2 Å². The van der Waals surface area contributed by atoms with Gasteiger partial charge in [0.05, 0.1) is 12.5 Å². The van der Waals surface area contributed by atoms with Crippen molar-refractivity contribution in [2.75, 3.05) is 6.61 Å². The van der Waals surface area contributed by atoms with Crippen LogP contribution in [-0.2, 0) is 23.4 Å². The third-order valence-corrected chi connectivity index (χ3v) is 13.4. The van der Waals surface area contributed by atoms with Crippen LogP contribution in [0.2, 0.25) is 18.1 Å². The van der Waals surface area contributed by atoms with Crippen LogP contribution in [0.25, 0.3) is 0 Å². The monoisotopic (exact) mass is 532 g/mol. The smallest absolute Gasteiger partial charge is 0.306 e. The van der Waals surface area contributed by atoms with Gasteiger partial charge in [0.15, 0.2) is 14.6 Å². The van der Waals surface area contributed by atoms with Crippen molar-refractivity contribution in [3.05, 3.63) is 0 Å². The maximum atomic E-state index is 15.7. The van der Waals surface area contributed by atoms with Crippen LogP contribution in [0.15, 0.2) is 0 Å². The topological polar surface area (TPSA) is 54.0 Å². The first-order valence-electron chi connectivity index (χ1n) is 14.4. The molecule has 3 fully saturated rings. The van der Waals surface area contributed by atoms with E-state index in [1.807, 2.05) is 0 Å². The second-order valence-corrected chi connectivity index (χ2v) is 17.5. The zero-order valence-electron chi connectivity index (χ0n) is 23.5. The van der Waals surface area contributed by atoms with E-state index in [1.165, 1.54) is 0 Å². The minimum atomic E-state index is -2.88. The first-order chi connectivity index (χ1) is 16.8. The van der Waals surface area contributed by atoms with Gasteiger partial charge >= 0.3 is 5.97 Å². The molecule has 36 heavy (non-hydrogen) atoms. The van der Waals surface area contributed by atoms with E-state index < -0.39 is 20.3 Å². The first-order valence-corrected chi connectivity index (χ1v) is 17.3. The van der Waals surface area contributed by atoms with Crippen molar-refractivity contribution in [1.29, 1.82) is 0 Å². The lowest BCUT2D eigenvalue weighted by Gasteiger charge is -2.42. The second-order valence-electron chi connectivity index (χ2n) is 12.8.